The molecule has 0 atom stereocenters. The van der Waals surface area contributed by atoms with Crippen LogP contribution in [-0.2, 0) is 9.47 Å². The molecule has 0 N–H and O–H groups in total. The summed E-state index contributed by atoms with van der Waals surface area (Å²) in [6, 6.07) is 32.5. The monoisotopic (exact) mass is 582 g/mol. The van der Waals surface area contributed by atoms with Crippen molar-refractivity contribution in [2.75, 3.05) is 14.2 Å². The Labute approximate surface area is 252 Å². The van der Waals surface area contributed by atoms with E-state index in [1.807, 2.05) is 69.8 Å². The van der Waals surface area contributed by atoms with Crippen molar-refractivity contribution < 1.29 is 28.7 Å². The molecular weight excluding hydrogens is 556 g/mol. The number of methoxy groups -OCH3 is 2. The molecule has 0 fully saturated rings. The fraction of sp³-hybridized carbons (Fsp3) is 0.0556. The number of esters is 2. The van der Waals surface area contributed by atoms with Crippen molar-refractivity contribution in [3.05, 3.63) is 131 Å². The normalized spacial score (nSPS) is 10.9. The highest BCUT2D eigenvalue weighted by atomic mass is 16.5. The van der Waals surface area contributed by atoms with Gasteiger partial charge in [0.25, 0.3) is 0 Å². The van der Waals surface area contributed by atoms with Crippen LogP contribution in [0.1, 0.15) is 41.4 Å². The molecule has 216 valence electrons. The molecule has 0 amide bonds. The number of aromatic nitrogens is 2. The minimum absolute atomic E-state index is 0.360. The van der Waals surface area contributed by atoms with E-state index in [0.29, 0.717) is 55.8 Å². The fourth-order valence-electron chi connectivity index (χ4n) is 5.62. The van der Waals surface area contributed by atoms with Crippen molar-refractivity contribution in [1.82, 2.24) is 9.13 Å². The van der Waals surface area contributed by atoms with Gasteiger partial charge in [0.1, 0.15) is 0 Å². The first kappa shape index (κ1) is 28.1. The number of nitrogens with zero attached hydrogens (tertiary/aromatic N) is 2. The molecule has 44 heavy (non-hydrogen) atoms. The molecule has 0 unspecified atom stereocenters. The first-order valence-electron chi connectivity index (χ1n) is 13.7. The molecule has 0 aliphatic carbocycles. The van der Waals surface area contributed by atoms with Crippen LogP contribution in [0.2, 0.25) is 0 Å². The lowest BCUT2D eigenvalue weighted by Gasteiger charge is -2.15. The first-order valence-corrected chi connectivity index (χ1v) is 13.7. The maximum absolute atomic E-state index is 13.1. The summed E-state index contributed by atoms with van der Waals surface area (Å²) < 4.78 is 13.5. The van der Waals surface area contributed by atoms with Gasteiger partial charge >= 0.3 is 11.9 Å². The number of para-hydroxylation sites is 2. The van der Waals surface area contributed by atoms with Gasteiger partial charge in [-0.3, -0.25) is 9.59 Å². The molecule has 2 heterocycles. The van der Waals surface area contributed by atoms with E-state index in [-0.39, 0.29) is 0 Å². The van der Waals surface area contributed by atoms with E-state index >= 15 is 0 Å². The van der Waals surface area contributed by atoms with E-state index < -0.39 is 11.9 Å². The molecule has 4 aromatic carbocycles. The molecular formula is C36H26N2O6. The summed E-state index contributed by atoms with van der Waals surface area (Å²) in [5, 5.41) is 0. The van der Waals surface area contributed by atoms with Crippen LogP contribution in [0.15, 0.2) is 109 Å². The van der Waals surface area contributed by atoms with Crippen molar-refractivity contribution in [3.63, 3.8) is 0 Å². The van der Waals surface area contributed by atoms with Gasteiger partial charge in [-0.2, -0.15) is 0 Å². The predicted octanol–water partition coefficient (Wildman–Crippen LogP) is 6.95. The molecule has 0 radical (unpaired) electrons. The van der Waals surface area contributed by atoms with Gasteiger partial charge in [-0.15, -0.1) is 0 Å². The van der Waals surface area contributed by atoms with E-state index in [0.717, 1.165) is 23.9 Å². The van der Waals surface area contributed by atoms with Crippen LogP contribution < -0.4 is 0 Å². The Bertz CT molecular complexity index is 1870. The quantitative estimate of drug-likeness (QED) is 0.142. The smallest absolute Gasteiger partial charge is 0.337 e. The fourth-order valence-corrected chi connectivity index (χ4v) is 5.62. The number of hydrogen-bond donors (Lipinski definition) is 0. The molecule has 8 heteroatoms. The van der Waals surface area contributed by atoms with Gasteiger partial charge in [0.2, 0.25) is 0 Å². The minimum Gasteiger partial charge on any atom is -0.465 e. The second kappa shape index (κ2) is 11.7. The van der Waals surface area contributed by atoms with Gasteiger partial charge in [0, 0.05) is 11.4 Å². The molecule has 8 nitrogen and oxygen atoms in total. The van der Waals surface area contributed by atoms with Crippen LogP contribution in [0, 0.1) is 0 Å². The summed E-state index contributed by atoms with van der Waals surface area (Å²) in [7, 11) is 2.63. The largest absolute Gasteiger partial charge is 0.465 e. The van der Waals surface area contributed by atoms with Crippen LogP contribution >= 0.6 is 0 Å². The van der Waals surface area contributed by atoms with Crippen LogP contribution in [0.4, 0.5) is 0 Å². The van der Waals surface area contributed by atoms with E-state index in [1.54, 1.807) is 48.5 Å². The van der Waals surface area contributed by atoms with E-state index in [9.17, 15) is 19.2 Å². The van der Waals surface area contributed by atoms with E-state index in [4.69, 9.17) is 9.47 Å². The SMILES string of the molecule is COC(=O)c1ccc(-c2c(C=O)c3c(c(C=O)c(-c4ccc(C(=O)OC)cc4)n3-c3ccccc3)n2-c2ccccc2)cc1. The Kier molecular flexibility index (Phi) is 7.47. The number of ether oxygens (including phenoxy) is 2. The zero-order valence-electron chi connectivity index (χ0n) is 23.9. The van der Waals surface area contributed by atoms with Gasteiger partial charge in [0.05, 0.1) is 58.9 Å². The molecule has 0 saturated heterocycles. The average molecular weight is 583 g/mol. The second-order valence-corrected chi connectivity index (χ2v) is 9.94. The Morgan fingerprint density at radius 3 is 1.16 bits per heavy atom. The van der Waals surface area contributed by atoms with Gasteiger partial charge in [-0.1, -0.05) is 60.7 Å². The molecule has 0 bridgehead atoms. The lowest BCUT2D eigenvalue weighted by atomic mass is 10.0. The minimum atomic E-state index is -0.475. The maximum Gasteiger partial charge on any atom is 0.337 e. The number of benzene rings is 4. The van der Waals surface area contributed by atoms with Gasteiger partial charge in [-0.05, 0) is 59.7 Å². The summed E-state index contributed by atoms with van der Waals surface area (Å²) in [6.07, 6.45) is 1.59. The molecule has 6 aromatic rings. The molecule has 2 aromatic heterocycles. The van der Waals surface area contributed by atoms with Crippen molar-refractivity contribution in [3.8, 4) is 33.9 Å². The highest BCUT2D eigenvalue weighted by Gasteiger charge is 2.30. The van der Waals surface area contributed by atoms with Crippen molar-refractivity contribution in [2.45, 2.75) is 0 Å². The standard InChI is InChI=1S/C36H26N2O6/c1-43-35(41)25-17-13-23(14-18-25)31-29(21-39)33-34(37(31)27-9-5-3-6-10-27)30(22-40)32(38(33)28-11-7-4-8-12-28)24-15-19-26(20-16-24)36(42)44-2/h3-22H,1-2H3. The number of fused-ring (bicyclic) bond motifs is 1. The van der Waals surface area contributed by atoms with Gasteiger partial charge in [-0.25, -0.2) is 9.59 Å². The number of carbonyl (C=O) groups is 4. The third-order valence-corrected chi connectivity index (χ3v) is 7.56. The topological polar surface area (TPSA) is 96.6 Å². The molecule has 0 aliphatic heterocycles. The van der Waals surface area contributed by atoms with Crippen molar-refractivity contribution >= 4 is 35.5 Å². The number of hydrogen-bond acceptors (Lipinski definition) is 6. The predicted molar refractivity (Wildman–Crippen MR) is 167 cm³/mol. The summed E-state index contributed by atoms with van der Waals surface area (Å²) in [5.74, 6) is -0.949. The molecule has 6 rings (SSSR count). The maximum atomic E-state index is 13.1. The Hall–Kier alpha value is -6.02. The van der Waals surface area contributed by atoms with E-state index in [1.165, 1.54) is 14.2 Å². The first-order chi connectivity index (χ1) is 21.5. The summed E-state index contributed by atoms with van der Waals surface area (Å²) in [6.45, 7) is 0. The number of aldehydes is 2. The third-order valence-electron chi connectivity index (χ3n) is 7.56. The molecule has 0 saturated carbocycles. The second-order valence-electron chi connectivity index (χ2n) is 9.94. The average Bonchev–Trinajstić information content (AvgIpc) is 3.60. The highest BCUT2D eigenvalue weighted by molar-refractivity contribution is 6.14. The van der Waals surface area contributed by atoms with Crippen molar-refractivity contribution in [2.24, 2.45) is 0 Å². The van der Waals surface area contributed by atoms with Crippen LogP contribution in [0.25, 0.3) is 44.9 Å². The number of rotatable bonds is 8. The Balaban J connectivity index is 1.76. The van der Waals surface area contributed by atoms with Crippen LogP contribution in [0.3, 0.4) is 0 Å². The number of carbonyl (C=O) groups excluding carboxylic acids is 4. The zero-order chi connectivity index (χ0) is 30.8. The highest BCUT2D eigenvalue weighted by Crippen LogP contribution is 2.44. The van der Waals surface area contributed by atoms with Gasteiger partial charge in [0.15, 0.2) is 12.6 Å². The summed E-state index contributed by atoms with van der Waals surface area (Å²) in [4.78, 5) is 50.6. The molecule has 0 aliphatic rings. The Morgan fingerprint density at radius 1 is 0.523 bits per heavy atom. The van der Waals surface area contributed by atoms with Crippen molar-refractivity contribution in [1.29, 1.82) is 0 Å². The summed E-state index contributed by atoms with van der Waals surface area (Å²) >= 11 is 0. The lowest BCUT2D eigenvalue weighted by molar-refractivity contribution is 0.0592. The lowest BCUT2D eigenvalue weighted by Crippen LogP contribution is -2.04. The van der Waals surface area contributed by atoms with E-state index in [2.05, 4.69) is 0 Å². The molecule has 0 spiro atoms. The third kappa shape index (κ3) is 4.59. The van der Waals surface area contributed by atoms with Gasteiger partial charge < -0.3 is 18.6 Å². The zero-order valence-corrected chi connectivity index (χ0v) is 23.9. The summed E-state index contributed by atoms with van der Waals surface area (Å²) in [5.41, 5.74) is 6.46. The van der Waals surface area contributed by atoms with Crippen LogP contribution in [0.5, 0.6) is 0 Å². The van der Waals surface area contributed by atoms with Crippen LogP contribution in [-0.4, -0.2) is 47.9 Å². The Morgan fingerprint density at radius 2 is 0.864 bits per heavy atom.